The van der Waals surface area contributed by atoms with Crippen LogP contribution in [0.4, 0.5) is 0 Å². The molecule has 3 nitrogen and oxygen atoms in total. The molecule has 1 aliphatic rings. The molecule has 1 aromatic rings. The normalized spacial score (nSPS) is 22.7. The first-order chi connectivity index (χ1) is 7.06. The van der Waals surface area contributed by atoms with Crippen LogP contribution in [0.2, 0.25) is 0 Å². The van der Waals surface area contributed by atoms with Gasteiger partial charge in [-0.2, -0.15) is 8.42 Å². The molecular formula is C10H12O3S2. The van der Waals surface area contributed by atoms with Gasteiger partial charge in [-0.05, 0) is 18.7 Å². The molecule has 1 atom stereocenters. The molecule has 5 heteroatoms. The van der Waals surface area contributed by atoms with E-state index in [-0.39, 0.29) is 6.10 Å². The van der Waals surface area contributed by atoms with Crippen molar-refractivity contribution in [1.82, 2.24) is 0 Å². The molecule has 0 fully saturated rings. The molecule has 0 bridgehead atoms. The first-order valence-corrected chi connectivity index (χ1v) is 7.14. The summed E-state index contributed by atoms with van der Waals surface area (Å²) in [7, 11) is -3.53. The summed E-state index contributed by atoms with van der Waals surface area (Å²) in [6.45, 7) is 3.75. The Labute approximate surface area is 94.0 Å². The van der Waals surface area contributed by atoms with E-state index in [1.54, 1.807) is 6.92 Å². The maximum atomic E-state index is 11.7. The van der Waals surface area contributed by atoms with Crippen LogP contribution in [0.25, 0.3) is 0 Å². The third kappa shape index (κ3) is 1.79. The van der Waals surface area contributed by atoms with E-state index in [2.05, 4.69) is 0 Å². The molecular weight excluding hydrogens is 232 g/mol. The van der Waals surface area contributed by atoms with Gasteiger partial charge in [0.1, 0.15) is 11.0 Å². The Kier molecular flexibility index (Phi) is 2.79. The van der Waals surface area contributed by atoms with Crippen LogP contribution in [-0.4, -0.2) is 14.2 Å². The van der Waals surface area contributed by atoms with Crippen LogP contribution in [0.5, 0.6) is 0 Å². The van der Waals surface area contributed by atoms with Crippen LogP contribution in [0.15, 0.2) is 28.0 Å². The van der Waals surface area contributed by atoms with E-state index in [0.29, 0.717) is 4.90 Å². The number of thioether (sulfide) groups is 1. The molecule has 0 N–H and O–H groups in total. The second-order valence-electron chi connectivity index (χ2n) is 3.30. The Balaban J connectivity index is 2.64. The largest absolute Gasteiger partial charge is 0.299 e. The zero-order valence-electron chi connectivity index (χ0n) is 8.56. The predicted octanol–water partition coefficient (Wildman–Crippen LogP) is 2.58. The van der Waals surface area contributed by atoms with Crippen molar-refractivity contribution in [3.05, 3.63) is 23.8 Å². The molecule has 1 heterocycles. The van der Waals surface area contributed by atoms with Gasteiger partial charge < -0.3 is 0 Å². The molecule has 0 radical (unpaired) electrons. The molecule has 1 unspecified atom stereocenters. The topological polar surface area (TPSA) is 43.4 Å². The second-order valence-corrected chi connectivity index (χ2v) is 6.11. The number of hydrogen-bond donors (Lipinski definition) is 0. The van der Waals surface area contributed by atoms with E-state index in [1.807, 2.05) is 25.1 Å². The summed E-state index contributed by atoms with van der Waals surface area (Å²) in [6.07, 6.45) is -0.359. The van der Waals surface area contributed by atoms with Crippen molar-refractivity contribution in [3.8, 4) is 0 Å². The van der Waals surface area contributed by atoms with Gasteiger partial charge in [0, 0.05) is 10.5 Å². The number of benzene rings is 1. The van der Waals surface area contributed by atoms with Crippen molar-refractivity contribution in [1.29, 1.82) is 0 Å². The fraction of sp³-hybridized carbons (Fsp3) is 0.400. The summed E-state index contributed by atoms with van der Waals surface area (Å²) in [5, 5.41) is 0. The zero-order valence-corrected chi connectivity index (χ0v) is 10.2. The Bertz CT molecular complexity index is 479. The van der Waals surface area contributed by atoms with Crippen molar-refractivity contribution in [2.45, 2.75) is 29.7 Å². The zero-order chi connectivity index (χ0) is 11.1. The van der Waals surface area contributed by atoms with E-state index in [9.17, 15) is 8.42 Å². The molecule has 2 rings (SSSR count). The Hall–Kier alpha value is -0.520. The van der Waals surface area contributed by atoms with Gasteiger partial charge in [-0.25, -0.2) is 0 Å². The highest BCUT2D eigenvalue weighted by Crippen LogP contribution is 2.41. The Morgan fingerprint density at radius 1 is 1.47 bits per heavy atom. The average Bonchev–Trinajstić information content (AvgIpc) is 2.39. The van der Waals surface area contributed by atoms with Crippen molar-refractivity contribution >= 4 is 21.9 Å². The van der Waals surface area contributed by atoms with E-state index in [4.69, 9.17) is 4.18 Å². The second kappa shape index (κ2) is 3.81. The first kappa shape index (κ1) is 11.0. The van der Waals surface area contributed by atoms with Crippen LogP contribution >= 0.6 is 11.8 Å². The van der Waals surface area contributed by atoms with E-state index < -0.39 is 10.1 Å². The molecule has 0 amide bonds. The van der Waals surface area contributed by atoms with Crippen LogP contribution in [0.1, 0.15) is 25.5 Å². The van der Waals surface area contributed by atoms with Crippen LogP contribution < -0.4 is 0 Å². The Morgan fingerprint density at radius 3 is 2.87 bits per heavy atom. The lowest BCUT2D eigenvalue weighted by atomic mass is 10.1. The van der Waals surface area contributed by atoms with E-state index in [1.165, 1.54) is 11.8 Å². The van der Waals surface area contributed by atoms with Crippen molar-refractivity contribution < 1.29 is 12.6 Å². The minimum absolute atomic E-state index is 0.359. The average molecular weight is 244 g/mol. The van der Waals surface area contributed by atoms with Gasteiger partial charge in [0.05, 0.1) is 0 Å². The van der Waals surface area contributed by atoms with Crippen molar-refractivity contribution in [2.24, 2.45) is 0 Å². The summed E-state index contributed by atoms with van der Waals surface area (Å²) in [4.78, 5) is 1.16. The quantitative estimate of drug-likeness (QED) is 0.592. The van der Waals surface area contributed by atoms with Gasteiger partial charge in [-0.15, -0.1) is 11.8 Å². The fourth-order valence-corrected chi connectivity index (χ4v) is 4.31. The number of hydrogen-bond acceptors (Lipinski definition) is 4. The van der Waals surface area contributed by atoms with E-state index >= 15 is 0 Å². The minimum atomic E-state index is -3.53. The minimum Gasteiger partial charge on any atom is -0.258 e. The van der Waals surface area contributed by atoms with Crippen LogP contribution in [0, 0.1) is 0 Å². The van der Waals surface area contributed by atoms with Gasteiger partial charge in [-0.3, -0.25) is 4.18 Å². The molecule has 0 saturated carbocycles. The molecule has 0 aliphatic carbocycles. The summed E-state index contributed by atoms with van der Waals surface area (Å²) in [5.74, 6) is 0.848. The van der Waals surface area contributed by atoms with Crippen molar-refractivity contribution in [3.63, 3.8) is 0 Å². The highest BCUT2D eigenvalue weighted by Gasteiger charge is 2.35. The summed E-state index contributed by atoms with van der Waals surface area (Å²) in [5.41, 5.74) is 0.772. The highest BCUT2D eigenvalue weighted by molar-refractivity contribution is 8.00. The molecule has 15 heavy (non-hydrogen) atoms. The van der Waals surface area contributed by atoms with Gasteiger partial charge in [0.2, 0.25) is 0 Å². The monoisotopic (exact) mass is 244 g/mol. The molecule has 0 aromatic heterocycles. The molecule has 1 aromatic carbocycles. The lowest BCUT2D eigenvalue weighted by Crippen LogP contribution is -1.98. The fourth-order valence-electron chi connectivity index (χ4n) is 1.68. The lowest BCUT2D eigenvalue weighted by Gasteiger charge is -2.04. The van der Waals surface area contributed by atoms with Gasteiger partial charge in [-0.1, -0.05) is 19.1 Å². The van der Waals surface area contributed by atoms with Crippen LogP contribution in [0.3, 0.4) is 0 Å². The van der Waals surface area contributed by atoms with Gasteiger partial charge in [0.25, 0.3) is 10.1 Å². The predicted molar refractivity (Wildman–Crippen MR) is 59.5 cm³/mol. The van der Waals surface area contributed by atoms with E-state index in [0.717, 1.165) is 16.2 Å². The maximum absolute atomic E-state index is 11.7. The third-order valence-electron chi connectivity index (χ3n) is 2.27. The standard InChI is InChI=1S/C10H12O3S2/c1-3-14-9-6-4-5-8-7(2)13-15(11,12)10(8)9/h4-7H,3H2,1-2H3. The SMILES string of the molecule is CCSc1cccc2c1S(=O)(=O)OC2C. The number of fused-ring (bicyclic) bond motifs is 1. The molecule has 1 aliphatic heterocycles. The molecule has 0 saturated heterocycles. The third-order valence-corrected chi connectivity index (χ3v) is 4.83. The first-order valence-electron chi connectivity index (χ1n) is 4.75. The molecule has 0 spiro atoms. The lowest BCUT2D eigenvalue weighted by molar-refractivity contribution is 0.252. The summed E-state index contributed by atoms with van der Waals surface area (Å²) >= 11 is 1.53. The molecule has 82 valence electrons. The van der Waals surface area contributed by atoms with Crippen molar-refractivity contribution in [2.75, 3.05) is 5.75 Å². The summed E-state index contributed by atoms with van der Waals surface area (Å²) < 4.78 is 28.4. The highest BCUT2D eigenvalue weighted by atomic mass is 32.2. The Morgan fingerprint density at radius 2 is 2.20 bits per heavy atom. The number of rotatable bonds is 2. The van der Waals surface area contributed by atoms with Gasteiger partial charge in [0.15, 0.2) is 0 Å². The van der Waals surface area contributed by atoms with Crippen LogP contribution in [-0.2, 0) is 14.3 Å². The maximum Gasteiger partial charge on any atom is 0.299 e. The summed E-state index contributed by atoms with van der Waals surface area (Å²) in [6, 6.07) is 5.51. The van der Waals surface area contributed by atoms with Gasteiger partial charge >= 0.3 is 0 Å². The smallest absolute Gasteiger partial charge is 0.258 e.